The molecular formula is C14H15F2N3O. The largest absolute Gasteiger partial charge is 0.338 e. The Morgan fingerprint density at radius 1 is 1.25 bits per heavy atom. The molecule has 0 aliphatic heterocycles. The average molecular weight is 279 g/mol. The fraction of sp³-hybridized carbons (Fsp3) is 0.429. The maximum Gasteiger partial charge on any atom is 0.240 e. The lowest BCUT2D eigenvalue weighted by Crippen LogP contribution is -2.17. The smallest absolute Gasteiger partial charge is 0.240 e. The minimum absolute atomic E-state index is 0.462. The first-order valence-electron chi connectivity index (χ1n) is 6.57. The summed E-state index contributed by atoms with van der Waals surface area (Å²) < 4.78 is 31.1. The van der Waals surface area contributed by atoms with Gasteiger partial charge in [-0.25, -0.2) is 8.78 Å². The van der Waals surface area contributed by atoms with E-state index in [0.717, 1.165) is 24.7 Å². The monoisotopic (exact) mass is 279 g/mol. The summed E-state index contributed by atoms with van der Waals surface area (Å²) in [6, 6.07) is 3.91. The van der Waals surface area contributed by atoms with Crippen LogP contribution in [0.1, 0.15) is 36.0 Å². The van der Waals surface area contributed by atoms with Gasteiger partial charge in [0, 0.05) is 12.5 Å². The van der Waals surface area contributed by atoms with E-state index in [1.807, 2.05) is 11.9 Å². The van der Waals surface area contributed by atoms with E-state index in [9.17, 15) is 8.78 Å². The van der Waals surface area contributed by atoms with Gasteiger partial charge in [0.2, 0.25) is 5.89 Å². The van der Waals surface area contributed by atoms with Gasteiger partial charge in [-0.05, 0) is 37.6 Å². The van der Waals surface area contributed by atoms with E-state index in [1.165, 1.54) is 6.07 Å². The second-order valence-electron chi connectivity index (χ2n) is 5.24. The topological polar surface area (TPSA) is 42.2 Å². The predicted octanol–water partition coefficient (Wildman–Crippen LogP) is 2.86. The Labute approximate surface area is 115 Å². The van der Waals surface area contributed by atoms with Crippen LogP contribution in [-0.4, -0.2) is 22.1 Å². The zero-order valence-corrected chi connectivity index (χ0v) is 11.1. The highest BCUT2D eigenvalue weighted by atomic mass is 19.2. The lowest BCUT2D eigenvalue weighted by Gasteiger charge is -2.14. The molecule has 1 aromatic heterocycles. The Bertz CT molecular complexity index is 610. The van der Waals surface area contributed by atoms with Gasteiger partial charge in [-0.15, -0.1) is 0 Å². The molecular weight excluding hydrogens is 264 g/mol. The van der Waals surface area contributed by atoms with Crippen LogP contribution >= 0.6 is 0 Å². The molecule has 3 rings (SSSR count). The summed E-state index contributed by atoms with van der Waals surface area (Å²) in [5, 5.41) is 3.94. The van der Waals surface area contributed by atoms with Crippen molar-refractivity contribution in [2.45, 2.75) is 31.8 Å². The maximum absolute atomic E-state index is 13.1. The van der Waals surface area contributed by atoms with Gasteiger partial charge >= 0.3 is 0 Å². The van der Waals surface area contributed by atoms with Crippen molar-refractivity contribution in [2.24, 2.45) is 0 Å². The molecule has 0 unspecified atom stereocenters. The van der Waals surface area contributed by atoms with Gasteiger partial charge in [-0.2, -0.15) is 4.98 Å². The minimum Gasteiger partial charge on any atom is -0.338 e. The summed E-state index contributed by atoms with van der Waals surface area (Å²) in [4.78, 5) is 6.25. The SMILES string of the molecule is CN(Cc1ccc(F)c(F)c1)Cc1nc(C2CC2)no1. The molecule has 0 atom stereocenters. The highest BCUT2D eigenvalue weighted by Crippen LogP contribution is 2.38. The van der Waals surface area contributed by atoms with Crippen molar-refractivity contribution < 1.29 is 13.3 Å². The number of hydrogen-bond donors (Lipinski definition) is 0. The van der Waals surface area contributed by atoms with E-state index < -0.39 is 11.6 Å². The van der Waals surface area contributed by atoms with Crippen LogP contribution in [0.4, 0.5) is 8.78 Å². The van der Waals surface area contributed by atoms with E-state index >= 15 is 0 Å². The lowest BCUT2D eigenvalue weighted by atomic mass is 10.2. The number of benzene rings is 1. The van der Waals surface area contributed by atoms with Gasteiger partial charge < -0.3 is 4.52 Å². The number of nitrogens with zero attached hydrogens (tertiary/aromatic N) is 3. The number of hydrogen-bond acceptors (Lipinski definition) is 4. The first kappa shape index (κ1) is 13.2. The molecule has 0 radical (unpaired) electrons. The van der Waals surface area contributed by atoms with Crippen LogP contribution in [0.2, 0.25) is 0 Å². The van der Waals surface area contributed by atoms with Crippen LogP contribution in [0.3, 0.4) is 0 Å². The van der Waals surface area contributed by atoms with Gasteiger partial charge in [0.05, 0.1) is 6.54 Å². The second kappa shape index (κ2) is 5.28. The van der Waals surface area contributed by atoms with Crippen molar-refractivity contribution in [1.29, 1.82) is 0 Å². The standard InChI is InChI=1S/C14H15F2N3O/c1-19(7-9-2-5-11(15)12(16)6-9)8-13-17-14(18-20-13)10-3-4-10/h2,5-6,10H,3-4,7-8H2,1H3. The summed E-state index contributed by atoms with van der Waals surface area (Å²) in [6.45, 7) is 0.969. The molecule has 106 valence electrons. The van der Waals surface area contributed by atoms with Gasteiger partial charge in [-0.1, -0.05) is 11.2 Å². The molecule has 0 saturated heterocycles. The normalized spacial score (nSPS) is 15.0. The van der Waals surface area contributed by atoms with Crippen LogP contribution in [0.15, 0.2) is 22.7 Å². The molecule has 1 aromatic carbocycles. The quantitative estimate of drug-likeness (QED) is 0.844. The van der Waals surface area contributed by atoms with Crippen LogP contribution in [0, 0.1) is 11.6 Å². The van der Waals surface area contributed by atoms with Crippen molar-refractivity contribution in [3.8, 4) is 0 Å². The molecule has 4 nitrogen and oxygen atoms in total. The molecule has 0 N–H and O–H groups in total. The maximum atomic E-state index is 13.1. The average Bonchev–Trinajstić information content (AvgIpc) is 3.15. The Kier molecular flexibility index (Phi) is 3.48. The first-order valence-corrected chi connectivity index (χ1v) is 6.57. The molecule has 0 bridgehead atoms. The Balaban J connectivity index is 1.60. The van der Waals surface area contributed by atoms with Crippen LogP contribution < -0.4 is 0 Å². The molecule has 1 saturated carbocycles. The van der Waals surface area contributed by atoms with Gasteiger partial charge in [-0.3, -0.25) is 4.90 Å². The highest BCUT2D eigenvalue weighted by Gasteiger charge is 2.28. The summed E-state index contributed by atoms with van der Waals surface area (Å²) in [7, 11) is 1.86. The van der Waals surface area contributed by atoms with E-state index in [1.54, 1.807) is 6.07 Å². The summed E-state index contributed by atoms with van der Waals surface area (Å²) >= 11 is 0. The van der Waals surface area contributed by atoms with Gasteiger partial charge in [0.25, 0.3) is 0 Å². The first-order chi connectivity index (χ1) is 9.61. The Morgan fingerprint density at radius 3 is 2.75 bits per heavy atom. The van der Waals surface area contributed by atoms with Crippen molar-refractivity contribution in [3.05, 3.63) is 47.1 Å². The third-order valence-electron chi connectivity index (χ3n) is 3.27. The van der Waals surface area contributed by atoms with E-state index in [2.05, 4.69) is 10.1 Å². The van der Waals surface area contributed by atoms with Gasteiger partial charge in [0.15, 0.2) is 17.5 Å². The molecule has 1 heterocycles. The van der Waals surface area contributed by atoms with Crippen LogP contribution in [0.5, 0.6) is 0 Å². The fourth-order valence-corrected chi connectivity index (χ4v) is 2.08. The molecule has 20 heavy (non-hydrogen) atoms. The summed E-state index contributed by atoms with van der Waals surface area (Å²) in [5.41, 5.74) is 0.702. The van der Waals surface area contributed by atoms with E-state index in [4.69, 9.17) is 4.52 Å². The zero-order valence-electron chi connectivity index (χ0n) is 11.1. The van der Waals surface area contributed by atoms with Crippen molar-refractivity contribution in [2.75, 3.05) is 7.05 Å². The van der Waals surface area contributed by atoms with Crippen LogP contribution in [-0.2, 0) is 13.1 Å². The van der Waals surface area contributed by atoms with Crippen molar-refractivity contribution in [1.82, 2.24) is 15.0 Å². The summed E-state index contributed by atoms with van der Waals surface area (Å²) in [6.07, 6.45) is 2.26. The molecule has 0 amide bonds. The van der Waals surface area contributed by atoms with Crippen molar-refractivity contribution >= 4 is 0 Å². The lowest BCUT2D eigenvalue weighted by molar-refractivity contribution is 0.260. The molecule has 1 aliphatic rings. The minimum atomic E-state index is -0.831. The van der Waals surface area contributed by atoms with Crippen molar-refractivity contribution in [3.63, 3.8) is 0 Å². The fourth-order valence-electron chi connectivity index (χ4n) is 2.08. The molecule has 1 aliphatic carbocycles. The number of halogens is 2. The third kappa shape index (κ3) is 3.01. The molecule has 0 spiro atoms. The van der Waals surface area contributed by atoms with E-state index in [0.29, 0.717) is 30.5 Å². The van der Waals surface area contributed by atoms with E-state index in [-0.39, 0.29) is 0 Å². The second-order valence-corrected chi connectivity index (χ2v) is 5.24. The number of rotatable bonds is 5. The highest BCUT2D eigenvalue weighted by molar-refractivity contribution is 5.17. The Morgan fingerprint density at radius 2 is 2.05 bits per heavy atom. The van der Waals surface area contributed by atoms with Crippen LogP contribution in [0.25, 0.3) is 0 Å². The molecule has 2 aromatic rings. The zero-order chi connectivity index (χ0) is 14.1. The van der Waals surface area contributed by atoms with Gasteiger partial charge in [0.1, 0.15) is 0 Å². The molecule has 1 fully saturated rings. The number of aromatic nitrogens is 2. The third-order valence-corrected chi connectivity index (χ3v) is 3.27. The molecule has 6 heteroatoms. The Hall–Kier alpha value is -1.82. The summed E-state index contributed by atoms with van der Waals surface area (Å²) in [5.74, 6) is 0.134. The predicted molar refractivity (Wildman–Crippen MR) is 67.8 cm³/mol.